The van der Waals surface area contributed by atoms with E-state index in [2.05, 4.69) is 20.9 Å². The summed E-state index contributed by atoms with van der Waals surface area (Å²) in [6.07, 6.45) is -2.92. The average Bonchev–Trinajstić information content (AvgIpc) is 2.19. The normalized spacial score (nSPS) is 10.8. The van der Waals surface area contributed by atoms with Crippen LogP contribution >= 0.6 is 15.9 Å². The molecule has 88 valence electrons. The van der Waals surface area contributed by atoms with Crippen molar-refractivity contribution in [3.63, 3.8) is 0 Å². The van der Waals surface area contributed by atoms with E-state index in [0.717, 1.165) is 6.20 Å². The molecule has 0 saturated heterocycles. The van der Waals surface area contributed by atoms with Gasteiger partial charge in [-0.2, -0.15) is 0 Å². The van der Waals surface area contributed by atoms with E-state index in [1.54, 1.807) is 0 Å². The highest BCUT2D eigenvalue weighted by Gasteiger charge is 2.21. The van der Waals surface area contributed by atoms with Crippen LogP contribution in [0.3, 0.4) is 0 Å². The van der Waals surface area contributed by atoms with Crippen LogP contribution in [-0.4, -0.2) is 16.1 Å². The first-order valence-corrected chi connectivity index (χ1v) is 5.31. The molecule has 3 nitrogen and oxygen atoms in total. The van der Waals surface area contributed by atoms with Crippen LogP contribution in [0.2, 0.25) is 0 Å². The SMILES string of the molecule is O=C(O)Cc1c(C(F)F)cnc(CBr)c1F. The fourth-order valence-corrected chi connectivity index (χ4v) is 1.59. The summed E-state index contributed by atoms with van der Waals surface area (Å²) in [5.74, 6) is -2.36. The Bertz CT molecular complexity index is 412. The van der Waals surface area contributed by atoms with Gasteiger partial charge in [0.15, 0.2) is 0 Å². The zero-order chi connectivity index (χ0) is 12.3. The van der Waals surface area contributed by atoms with E-state index in [1.165, 1.54) is 0 Å². The van der Waals surface area contributed by atoms with E-state index >= 15 is 0 Å². The largest absolute Gasteiger partial charge is 0.481 e. The number of hydrogen-bond donors (Lipinski definition) is 1. The topological polar surface area (TPSA) is 50.2 Å². The van der Waals surface area contributed by atoms with Gasteiger partial charge >= 0.3 is 5.97 Å². The molecule has 0 aliphatic rings. The minimum Gasteiger partial charge on any atom is -0.481 e. The van der Waals surface area contributed by atoms with E-state index < -0.39 is 35.8 Å². The van der Waals surface area contributed by atoms with Crippen molar-refractivity contribution in [3.8, 4) is 0 Å². The maximum Gasteiger partial charge on any atom is 0.307 e. The lowest BCUT2D eigenvalue weighted by molar-refractivity contribution is -0.136. The van der Waals surface area contributed by atoms with E-state index in [-0.39, 0.29) is 11.0 Å². The fourth-order valence-electron chi connectivity index (χ4n) is 1.20. The number of carboxylic acid groups (broad SMARTS) is 1. The molecule has 0 spiro atoms. The number of hydrogen-bond acceptors (Lipinski definition) is 2. The highest BCUT2D eigenvalue weighted by Crippen LogP contribution is 2.26. The summed E-state index contributed by atoms with van der Waals surface area (Å²) < 4.78 is 38.5. The molecule has 0 aromatic carbocycles. The van der Waals surface area contributed by atoms with Crippen molar-refractivity contribution in [2.24, 2.45) is 0 Å². The second-order valence-corrected chi connectivity index (χ2v) is 3.52. The van der Waals surface area contributed by atoms with Crippen molar-refractivity contribution >= 4 is 21.9 Å². The molecule has 0 bridgehead atoms. The van der Waals surface area contributed by atoms with E-state index in [1.807, 2.05) is 0 Å². The molecule has 7 heteroatoms. The molecule has 16 heavy (non-hydrogen) atoms. The minimum absolute atomic E-state index is 0.0367. The van der Waals surface area contributed by atoms with Gasteiger partial charge in [0.1, 0.15) is 5.82 Å². The molecule has 1 N–H and O–H groups in total. The first-order chi connectivity index (χ1) is 7.47. The highest BCUT2D eigenvalue weighted by molar-refractivity contribution is 9.08. The highest BCUT2D eigenvalue weighted by atomic mass is 79.9. The third-order valence-corrected chi connectivity index (χ3v) is 2.45. The third kappa shape index (κ3) is 2.72. The summed E-state index contributed by atoms with van der Waals surface area (Å²) in [6, 6.07) is 0. The Morgan fingerprint density at radius 3 is 2.62 bits per heavy atom. The molecule has 0 saturated carbocycles. The van der Waals surface area contributed by atoms with Gasteiger partial charge in [-0.15, -0.1) is 0 Å². The Morgan fingerprint density at radius 1 is 1.56 bits per heavy atom. The van der Waals surface area contributed by atoms with Gasteiger partial charge in [0.2, 0.25) is 0 Å². The summed E-state index contributed by atoms with van der Waals surface area (Å²) in [5, 5.41) is 8.55. The van der Waals surface area contributed by atoms with Crippen LogP contribution in [0.5, 0.6) is 0 Å². The number of aliphatic carboxylic acids is 1. The van der Waals surface area contributed by atoms with Gasteiger partial charge in [-0.05, 0) is 0 Å². The third-order valence-electron chi connectivity index (χ3n) is 1.92. The van der Waals surface area contributed by atoms with Crippen molar-refractivity contribution in [1.82, 2.24) is 4.98 Å². The van der Waals surface area contributed by atoms with E-state index in [4.69, 9.17) is 5.11 Å². The summed E-state index contributed by atoms with van der Waals surface area (Å²) in [7, 11) is 0. The molecule has 1 heterocycles. The van der Waals surface area contributed by atoms with Crippen LogP contribution in [0.15, 0.2) is 6.20 Å². The first-order valence-electron chi connectivity index (χ1n) is 4.19. The second-order valence-electron chi connectivity index (χ2n) is 2.96. The molecule has 1 aromatic heterocycles. The van der Waals surface area contributed by atoms with Crippen LogP contribution in [0, 0.1) is 5.82 Å². The summed E-state index contributed by atoms with van der Waals surface area (Å²) in [6.45, 7) is 0. The Labute approximate surface area is 97.4 Å². The minimum atomic E-state index is -2.94. The van der Waals surface area contributed by atoms with Gasteiger partial charge in [-0.3, -0.25) is 9.78 Å². The number of rotatable bonds is 4. The van der Waals surface area contributed by atoms with Gasteiger partial charge in [0.05, 0.1) is 12.1 Å². The number of carbonyl (C=O) groups is 1. The fraction of sp³-hybridized carbons (Fsp3) is 0.333. The van der Waals surface area contributed by atoms with Crippen molar-refractivity contribution in [3.05, 3.63) is 28.8 Å². The van der Waals surface area contributed by atoms with E-state index in [0.29, 0.717) is 0 Å². The molecule has 0 unspecified atom stereocenters. The Hall–Kier alpha value is -1.11. The maximum absolute atomic E-state index is 13.6. The number of alkyl halides is 3. The van der Waals surface area contributed by atoms with Crippen LogP contribution in [0.1, 0.15) is 23.2 Å². The van der Waals surface area contributed by atoms with Gasteiger partial charge in [0, 0.05) is 22.7 Å². The van der Waals surface area contributed by atoms with Crippen molar-refractivity contribution < 1.29 is 23.1 Å². The van der Waals surface area contributed by atoms with Crippen LogP contribution in [0.25, 0.3) is 0 Å². The lowest BCUT2D eigenvalue weighted by Crippen LogP contribution is -2.10. The predicted molar refractivity (Wildman–Crippen MR) is 53.1 cm³/mol. The number of halogens is 4. The Morgan fingerprint density at radius 2 is 2.19 bits per heavy atom. The van der Waals surface area contributed by atoms with Crippen LogP contribution in [0.4, 0.5) is 13.2 Å². The molecular weight excluding hydrogens is 291 g/mol. The summed E-state index contributed by atoms with van der Waals surface area (Å²) in [5.41, 5.74) is -1.27. The molecule has 1 aromatic rings. The number of nitrogens with zero attached hydrogens (tertiary/aromatic N) is 1. The predicted octanol–water partition coefficient (Wildman–Crippen LogP) is 2.68. The molecule has 0 fully saturated rings. The number of aromatic nitrogens is 1. The zero-order valence-electron chi connectivity index (χ0n) is 7.88. The van der Waals surface area contributed by atoms with Crippen LogP contribution in [-0.2, 0) is 16.5 Å². The van der Waals surface area contributed by atoms with Gasteiger partial charge in [0.25, 0.3) is 6.43 Å². The summed E-state index contributed by atoms with van der Waals surface area (Å²) in [4.78, 5) is 13.9. The Balaban J connectivity index is 3.30. The molecular formula is C9H7BrF3NO2. The van der Waals surface area contributed by atoms with Gasteiger partial charge in [-0.1, -0.05) is 15.9 Å². The van der Waals surface area contributed by atoms with Crippen molar-refractivity contribution in [1.29, 1.82) is 0 Å². The molecule has 0 amide bonds. The van der Waals surface area contributed by atoms with Crippen LogP contribution < -0.4 is 0 Å². The zero-order valence-corrected chi connectivity index (χ0v) is 9.47. The van der Waals surface area contributed by atoms with E-state index in [9.17, 15) is 18.0 Å². The average molecular weight is 298 g/mol. The summed E-state index contributed by atoms with van der Waals surface area (Å²) >= 11 is 2.93. The van der Waals surface area contributed by atoms with Gasteiger partial charge in [-0.25, -0.2) is 13.2 Å². The first kappa shape index (κ1) is 13.0. The maximum atomic E-state index is 13.6. The Kier molecular flexibility index (Phi) is 4.28. The molecule has 1 rings (SSSR count). The van der Waals surface area contributed by atoms with Gasteiger partial charge < -0.3 is 5.11 Å². The molecule has 0 radical (unpaired) electrons. The lowest BCUT2D eigenvalue weighted by Gasteiger charge is -2.09. The monoisotopic (exact) mass is 297 g/mol. The molecule has 0 aliphatic heterocycles. The smallest absolute Gasteiger partial charge is 0.307 e. The van der Waals surface area contributed by atoms with Crippen molar-refractivity contribution in [2.45, 2.75) is 18.2 Å². The second kappa shape index (κ2) is 5.29. The number of carboxylic acids is 1. The standard InChI is InChI=1S/C9H7BrF3NO2/c10-2-6-8(11)4(1-7(15)16)5(3-14-6)9(12)13/h3,9H,1-2H2,(H,15,16). The number of pyridine rings is 1. The quantitative estimate of drug-likeness (QED) is 0.869. The molecule has 0 atom stereocenters. The molecule has 0 aliphatic carbocycles. The lowest BCUT2D eigenvalue weighted by atomic mass is 10.1. The van der Waals surface area contributed by atoms with Crippen molar-refractivity contribution in [2.75, 3.05) is 0 Å².